The van der Waals surface area contributed by atoms with Gasteiger partial charge in [0.1, 0.15) is 0 Å². The SMILES string of the molecule is CCOC(=O)c1nc(-c2cc(N)cc(N)c2)n[nH]1. The molecule has 18 heavy (non-hydrogen) atoms. The molecule has 0 saturated carbocycles. The van der Waals surface area contributed by atoms with Crippen molar-refractivity contribution in [3.63, 3.8) is 0 Å². The van der Waals surface area contributed by atoms with Gasteiger partial charge < -0.3 is 16.2 Å². The molecule has 0 spiro atoms. The van der Waals surface area contributed by atoms with Crippen molar-refractivity contribution < 1.29 is 9.53 Å². The number of carbonyl (C=O) groups is 1. The van der Waals surface area contributed by atoms with Crippen molar-refractivity contribution in [1.82, 2.24) is 15.2 Å². The highest BCUT2D eigenvalue weighted by molar-refractivity contribution is 5.85. The molecule has 0 unspecified atom stereocenters. The number of ether oxygens (including phenoxy) is 1. The number of esters is 1. The number of carbonyl (C=O) groups excluding carboxylic acids is 1. The van der Waals surface area contributed by atoms with Gasteiger partial charge in [-0.05, 0) is 25.1 Å². The van der Waals surface area contributed by atoms with Gasteiger partial charge >= 0.3 is 5.97 Å². The van der Waals surface area contributed by atoms with E-state index in [9.17, 15) is 4.79 Å². The van der Waals surface area contributed by atoms with Crippen LogP contribution in [0.1, 0.15) is 17.5 Å². The summed E-state index contributed by atoms with van der Waals surface area (Å²) in [7, 11) is 0. The zero-order valence-corrected chi connectivity index (χ0v) is 9.80. The van der Waals surface area contributed by atoms with E-state index in [4.69, 9.17) is 16.2 Å². The lowest BCUT2D eigenvalue weighted by atomic mass is 10.1. The van der Waals surface area contributed by atoms with Crippen LogP contribution >= 0.6 is 0 Å². The highest BCUT2D eigenvalue weighted by Gasteiger charge is 2.14. The van der Waals surface area contributed by atoms with Crippen LogP contribution in [0.3, 0.4) is 0 Å². The van der Waals surface area contributed by atoms with Crippen molar-refractivity contribution in [3.8, 4) is 11.4 Å². The van der Waals surface area contributed by atoms with Gasteiger partial charge in [-0.1, -0.05) is 0 Å². The van der Waals surface area contributed by atoms with Crippen LogP contribution in [0.25, 0.3) is 11.4 Å². The zero-order valence-electron chi connectivity index (χ0n) is 9.80. The Hall–Kier alpha value is -2.57. The standard InChI is InChI=1S/C11H13N5O2/c1-2-18-11(17)10-14-9(15-16-10)6-3-7(12)5-8(13)4-6/h3-5H,2,12-13H2,1H3,(H,14,15,16). The molecule has 0 aliphatic carbocycles. The van der Waals surface area contributed by atoms with Crippen LogP contribution in [-0.4, -0.2) is 27.8 Å². The van der Waals surface area contributed by atoms with E-state index in [1.54, 1.807) is 25.1 Å². The Kier molecular flexibility index (Phi) is 3.13. The first-order valence-corrected chi connectivity index (χ1v) is 5.36. The Morgan fingerprint density at radius 2 is 2.00 bits per heavy atom. The van der Waals surface area contributed by atoms with E-state index in [0.29, 0.717) is 22.8 Å². The molecule has 2 rings (SSSR count). The summed E-state index contributed by atoms with van der Waals surface area (Å²) in [6, 6.07) is 4.98. The second kappa shape index (κ2) is 4.74. The summed E-state index contributed by atoms with van der Waals surface area (Å²) < 4.78 is 4.80. The van der Waals surface area contributed by atoms with Crippen LogP contribution in [-0.2, 0) is 4.74 Å². The first-order valence-electron chi connectivity index (χ1n) is 5.36. The van der Waals surface area contributed by atoms with Gasteiger partial charge in [0.15, 0.2) is 5.82 Å². The van der Waals surface area contributed by atoms with Crippen LogP contribution in [0.15, 0.2) is 18.2 Å². The average Bonchev–Trinajstić information content (AvgIpc) is 2.77. The van der Waals surface area contributed by atoms with Crippen LogP contribution in [0.2, 0.25) is 0 Å². The molecule has 0 amide bonds. The number of aromatic nitrogens is 3. The molecule has 7 heteroatoms. The second-order valence-corrected chi connectivity index (χ2v) is 3.62. The first-order chi connectivity index (χ1) is 8.60. The number of aromatic amines is 1. The molecule has 1 heterocycles. The minimum Gasteiger partial charge on any atom is -0.460 e. The van der Waals surface area contributed by atoms with Crippen molar-refractivity contribution in [1.29, 1.82) is 0 Å². The predicted octanol–water partition coefficient (Wildman–Crippen LogP) is 0.813. The monoisotopic (exact) mass is 247 g/mol. The van der Waals surface area contributed by atoms with E-state index < -0.39 is 5.97 Å². The molecule has 0 radical (unpaired) electrons. The lowest BCUT2D eigenvalue weighted by Gasteiger charge is -2.00. The summed E-state index contributed by atoms with van der Waals surface area (Å²) in [5.74, 6) is -0.155. The number of hydrogen-bond acceptors (Lipinski definition) is 6. The minimum absolute atomic E-state index is 0.0489. The molecule has 94 valence electrons. The van der Waals surface area contributed by atoms with Gasteiger partial charge in [-0.3, -0.25) is 5.10 Å². The van der Waals surface area contributed by atoms with Crippen LogP contribution in [0.4, 0.5) is 11.4 Å². The highest BCUT2D eigenvalue weighted by Crippen LogP contribution is 2.21. The quantitative estimate of drug-likeness (QED) is 0.545. The van der Waals surface area contributed by atoms with Crippen molar-refractivity contribution in [2.24, 2.45) is 0 Å². The lowest BCUT2D eigenvalue weighted by molar-refractivity contribution is 0.0512. The van der Waals surface area contributed by atoms with Crippen molar-refractivity contribution in [2.75, 3.05) is 18.1 Å². The molecule has 0 bridgehead atoms. The Balaban J connectivity index is 2.32. The smallest absolute Gasteiger partial charge is 0.375 e. The molecule has 0 aliphatic heterocycles. The van der Waals surface area contributed by atoms with Gasteiger partial charge in [-0.15, -0.1) is 0 Å². The topological polar surface area (TPSA) is 120 Å². The number of benzene rings is 1. The van der Waals surface area contributed by atoms with Crippen LogP contribution < -0.4 is 11.5 Å². The summed E-state index contributed by atoms with van der Waals surface area (Å²) in [5.41, 5.74) is 13.0. The van der Waals surface area contributed by atoms with Gasteiger partial charge in [0.2, 0.25) is 5.82 Å². The third-order valence-corrected chi connectivity index (χ3v) is 2.19. The predicted molar refractivity (Wildman–Crippen MR) is 66.6 cm³/mol. The summed E-state index contributed by atoms with van der Waals surface area (Å²) in [6.07, 6.45) is 0. The maximum Gasteiger partial charge on any atom is 0.375 e. The Morgan fingerprint density at radius 3 is 2.61 bits per heavy atom. The van der Waals surface area contributed by atoms with Crippen molar-refractivity contribution in [2.45, 2.75) is 6.92 Å². The molecule has 0 fully saturated rings. The third kappa shape index (κ3) is 2.40. The molecular weight excluding hydrogens is 234 g/mol. The molecule has 5 N–H and O–H groups in total. The fourth-order valence-electron chi connectivity index (χ4n) is 1.49. The van der Waals surface area contributed by atoms with Gasteiger partial charge in [0.05, 0.1) is 6.61 Å². The minimum atomic E-state index is -0.548. The molecule has 0 aliphatic rings. The number of anilines is 2. The average molecular weight is 247 g/mol. The Bertz CT molecular complexity index is 558. The van der Waals surface area contributed by atoms with E-state index in [1.807, 2.05) is 0 Å². The van der Waals surface area contributed by atoms with Crippen LogP contribution in [0, 0.1) is 0 Å². The number of rotatable bonds is 3. The number of nitrogens with zero attached hydrogens (tertiary/aromatic N) is 2. The highest BCUT2D eigenvalue weighted by atomic mass is 16.5. The number of H-pyrrole nitrogens is 1. The molecule has 7 nitrogen and oxygen atoms in total. The fourth-order valence-corrected chi connectivity index (χ4v) is 1.49. The fraction of sp³-hybridized carbons (Fsp3) is 0.182. The molecule has 2 aromatic rings. The largest absolute Gasteiger partial charge is 0.460 e. The molecule has 1 aromatic carbocycles. The summed E-state index contributed by atoms with van der Waals surface area (Å²) >= 11 is 0. The van der Waals surface area contributed by atoms with Gasteiger partial charge in [-0.25, -0.2) is 9.78 Å². The summed E-state index contributed by atoms with van der Waals surface area (Å²) in [6.45, 7) is 1.99. The van der Waals surface area contributed by atoms with Gasteiger partial charge in [-0.2, -0.15) is 5.10 Å². The van der Waals surface area contributed by atoms with Crippen LogP contribution in [0.5, 0.6) is 0 Å². The Labute approximate surface area is 103 Å². The summed E-state index contributed by atoms with van der Waals surface area (Å²) in [4.78, 5) is 15.4. The Morgan fingerprint density at radius 1 is 1.33 bits per heavy atom. The van der Waals surface area contributed by atoms with E-state index >= 15 is 0 Å². The maximum absolute atomic E-state index is 11.4. The number of nitrogen functional groups attached to an aromatic ring is 2. The first kappa shape index (κ1) is 11.9. The number of nitrogens with two attached hydrogens (primary N) is 2. The zero-order chi connectivity index (χ0) is 13.1. The van der Waals surface area contributed by atoms with E-state index in [0.717, 1.165) is 0 Å². The molecule has 1 aromatic heterocycles. The maximum atomic E-state index is 11.4. The van der Waals surface area contributed by atoms with Gasteiger partial charge in [0, 0.05) is 16.9 Å². The van der Waals surface area contributed by atoms with Crippen molar-refractivity contribution >= 4 is 17.3 Å². The summed E-state index contributed by atoms with van der Waals surface area (Å²) in [5, 5.41) is 6.43. The van der Waals surface area contributed by atoms with Crippen molar-refractivity contribution in [3.05, 3.63) is 24.0 Å². The molecule has 0 saturated heterocycles. The normalized spacial score (nSPS) is 10.3. The van der Waals surface area contributed by atoms with Gasteiger partial charge in [0.25, 0.3) is 0 Å². The second-order valence-electron chi connectivity index (χ2n) is 3.62. The lowest BCUT2D eigenvalue weighted by Crippen LogP contribution is -2.06. The van der Waals surface area contributed by atoms with E-state index in [2.05, 4.69) is 15.2 Å². The number of hydrogen-bond donors (Lipinski definition) is 3. The van der Waals surface area contributed by atoms with E-state index in [1.165, 1.54) is 0 Å². The molecular formula is C11H13N5O2. The molecule has 0 atom stereocenters. The number of nitrogens with one attached hydrogen (secondary N) is 1. The van der Waals surface area contributed by atoms with E-state index in [-0.39, 0.29) is 12.4 Å². The third-order valence-electron chi connectivity index (χ3n) is 2.19.